The molecule has 1 N–H and O–H groups in total. The van der Waals surface area contributed by atoms with E-state index in [9.17, 15) is 13.2 Å². The van der Waals surface area contributed by atoms with Crippen LogP contribution in [0.3, 0.4) is 0 Å². The first-order chi connectivity index (χ1) is 8.57. The van der Waals surface area contributed by atoms with Gasteiger partial charge in [0.05, 0.1) is 25.5 Å². The average molecular weight is 294 g/mol. The van der Waals surface area contributed by atoms with E-state index < -0.39 is 21.7 Å². The number of nitrogens with zero attached hydrogens (tertiary/aromatic N) is 1. The number of amides is 1. The molecule has 1 aliphatic rings. The van der Waals surface area contributed by atoms with Crippen molar-refractivity contribution in [1.29, 1.82) is 0 Å². The second-order valence-electron chi connectivity index (χ2n) is 5.54. The Kier molecular flexibility index (Phi) is 5.17. The van der Waals surface area contributed by atoms with E-state index >= 15 is 0 Å². The van der Waals surface area contributed by atoms with E-state index in [1.54, 1.807) is 20.8 Å². The Bertz CT molecular complexity index is 415. The van der Waals surface area contributed by atoms with Crippen LogP contribution in [-0.2, 0) is 19.5 Å². The van der Waals surface area contributed by atoms with Crippen LogP contribution in [0.1, 0.15) is 20.8 Å². The van der Waals surface area contributed by atoms with Crippen molar-refractivity contribution < 1.29 is 22.7 Å². The van der Waals surface area contributed by atoms with E-state index in [2.05, 4.69) is 4.72 Å². The molecule has 112 valence electrons. The number of rotatable bonds is 3. The Hall–Kier alpha value is -0.860. The average Bonchev–Trinajstić information content (AvgIpc) is 2.23. The molecule has 1 heterocycles. The van der Waals surface area contributed by atoms with Crippen LogP contribution in [0.4, 0.5) is 4.79 Å². The van der Waals surface area contributed by atoms with Crippen molar-refractivity contribution in [3.8, 4) is 0 Å². The third-order valence-corrected chi connectivity index (χ3v) is 3.05. The quantitative estimate of drug-likeness (QED) is 0.802. The third kappa shape index (κ3) is 6.74. The van der Waals surface area contributed by atoms with Crippen molar-refractivity contribution in [3.63, 3.8) is 0 Å². The van der Waals surface area contributed by atoms with Gasteiger partial charge < -0.3 is 14.4 Å². The van der Waals surface area contributed by atoms with Crippen LogP contribution in [0.15, 0.2) is 0 Å². The Morgan fingerprint density at radius 3 is 2.63 bits per heavy atom. The molecule has 1 amide bonds. The molecule has 1 atom stereocenters. The molecular weight excluding hydrogens is 272 g/mol. The maximum Gasteiger partial charge on any atom is 0.410 e. The van der Waals surface area contributed by atoms with Gasteiger partial charge in [-0.15, -0.1) is 0 Å². The fraction of sp³-hybridized carbons (Fsp3) is 0.909. The topological polar surface area (TPSA) is 84.9 Å². The zero-order valence-corrected chi connectivity index (χ0v) is 12.6. The predicted octanol–water partition coefficient (Wildman–Crippen LogP) is 0.172. The summed E-state index contributed by atoms with van der Waals surface area (Å²) in [6.45, 7) is 6.69. The number of carbonyl (C=O) groups excluding carboxylic acids is 1. The molecule has 1 fully saturated rings. The van der Waals surface area contributed by atoms with Gasteiger partial charge in [-0.05, 0) is 20.8 Å². The standard InChI is InChI=1S/C11H22N2O5S/c1-11(2,3)18-10(14)13-5-6-17-9(8-13)7-12-19(4,15)16/h9,12H,5-8H2,1-4H3. The molecular formula is C11H22N2O5S. The number of nitrogens with one attached hydrogen (secondary N) is 1. The summed E-state index contributed by atoms with van der Waals surface area (Å²) < 4.78 is 35.0. The zero-order chi connectivity index (χ0) is 14.7. The van der Waals surface area contributed by atoms with Gasteiger partial charge in [0.15, 0.2) is 0 Å². The summed E-state index contributed by atoms with van der Waals surface area (Å²) in [5, 5.41) is 0. The molecule has 1 unspecified atom stereocenters. The number of sulfonamides is 1. The first-order valence-electron chi connectivity index (χ1n) is 6.11. The van der Waals surface area contributed by atoms with Crippen LogP contribution in [-0.4, -0.2) is 63.6 Å². The van der Waals surface area contributed by atoms with Gasteiger partial charge in [-0.1, -0.05) is 0 Å². The third-order valence-electron chi connectivity index (χ3n) is 2.36. The molecule has 0 radical (unpaired) electrons. The summed E-state index contributed by atoms with van der Waals surface area (Å²) in [6.07, 6.45) is 0.331. The van der Waals surface area contributed by atoms with Gasteiger partial charge in [0, 0.05) is 13.1 Å². The van der Waals surface area contributed by atoms with Crippen molar-refractivity contribution in [2.75, 3.05) is 32.5 Å². The van der Waals surface area contributed by atoms with Gasteiger partial charge in [-0.25, -0.2) is 17.9 Å². The zero-order valence-electron chi connectivity index (χ0n) is 11.8. The molecule has 0 aromatic rings. The molecule has 0 aromatic heterocycles. The molecule has 0 aliphatic carbocycles. The highest BCUT2D eigenvalue weighted by Gasteiger charge is 2.28. The largest absolute Gasteiger partial charge is 0.444 e. The number of carbonyl (C=O) groups is 1. The van der Waals surface area contributed by atoms with E-state index in [1.165, 1.54) is 4.90 Å². The van der Waals surface area contributed by atoms with Crippen LogP contribution in [0.25, 0.3) is 0 Å². The minimum Gasteiger partial charge on any atom is -0.444 e. The van der Waals surface area contributed by atoms with Crippen LogP contribution in [0, 0.1) is 0 Å². The molecule has 1 rings (SSSR count). The van der Waals surface area contributed by atoms with Gasteiger partial charge in [-0.2, -0.15) is 0 Å². The lowest BCUT2D eigenvalue weighted by Crippen LogP contribution is -2.50. The Labute approximate surface area is 114 Å². The SMILES string of the molecule is CC(C)(C)OC(=O)N1CCOC(CNS(C)(=O)=O)C1. The lowest BCUT2D eigenvalue weighted by atomic mass is 10.2. The molecule has 0 aromatic carbocycles. The summed E-state index contributed by atoms with van der Waals surface area (Å²) in [4.78, 5) is 13.4. The first-order valence-corrected chi connectivity index (χ1v) is 8.00. The number of morpholine rings is 1. The summed E-state index contributed by atoms with van der Waals surface area (Å²) in [5.41, 5.74) is -0.546. The smallest absolute Gasteiger partial charge is 0.410 e. The second kappa shape index (κ2) is 6.06. The van der Waals surface area contributed by atoms with Gasteiger partial charge >= 0.3 is 6.09 Å². The lowest BCUT2D eigenvalue weighted by Gasteiger charge is -2.34. The van der Waals surface area contributed by atoms with Gasteiger partial charge in [0.25, 0.3) is 0 Å². The van der Waals surface area contributed by atoms with Crippen molar-refractivity contribution in [1.82, 2.24) is 9.62 Å². The van der Waals surface area contributed by atoms with Crippen molar-refractivity contribution >= 4 is 16.1 Å². The Balaban J connectivity index is 2.48. The van der Waals surface area contributed by atoms with Gasteiger partial charge in [-0.3, -0.25) is 0 Å². The highest BCUT2D eigenvalue weighted by Crippen LogP contribution is 2.12. The summed E-state index contributed by atoms with van der Waals surface area (Å²) in [6, 6.07) is 0. The first kappa shape index (κ1) is 16.2. The monoisotopic (exact) mass is 294 g/mol. The minimum atomic E-state index is -3.25. The Morgan fingerprint density at radius 1 is 1.47 bits per heavy atom. The summed E-state index contributed by atoms with van der Waals surface area (Å²) >= 11 is 0. The van der Waals surface area contributed by atoms with E-state index in [0.29, 0.717) is 19.7 Å². The maximum atomic E-state index is 11.9. The molecule has 7 nitrogen and oxygen atoms in total. The summed E-state index contributed by atoms with van der Waals surface area (Å²) in [7, 11) is -3.25. The van der Waals surface area contributed by atoms with Crippen molar-refractivity contribution in [3.05, 3.63) is 0 Å². The number of hydrogen-bond donors (Lipinski definition) is 1. The molecule has 1 aliphatic heterocycles. The summed E-state index contributed by atoms with van der Waals surface area (Å²) in [5.74, 6) is 0. The number of ether oxygens (including phenoxy) is 2. The van der Waals surface area contributed by atoms with Crippen LogP contribution < -0.4 is 4.72 Å². The van der Waals surface area contributed by atoms with E-state index in [1.807, 2.05) is 0 Å². The normalized spacial score (nSPS) is 21.3. The fourth-order valence-corrected chi connectivity index (χ4v) is 2.07. The van der Waals surface area contributed by atoms with Crippen LogP contribution >= 0.6 is 0 Å². The molecule has 0 bridgehead atoms. The highest BCUT2D eigenvalue weighted by molar-refractivity contribution is 7.88. The lowest BCUT2D eigenvalue weighted by molar-refractivity contribution is -0.0394. The molecule has 1 saturated heterocycles. The van der Waals surface area contributed by atoms with Crippen LogP contribution in [0.2, 0.25) is 0 Å². The minimum absolute atomic E-state index is 0.151. The molecule has 0 saturated carbocycles. The van der Waals surface area contributed by atoms with Gasteiger partial charge in [0.1, 0.15) is 5.60 Å². The van der Waals surface area contributed by atoms with Crippen molar-refractivity contribution in [2.24, 2.45) is 0 Å². The Morgan fingerprint density at radius 2 is 2.11 bits per heavy atom. The predicted molar refractivity (Wildman–Crippen MR) is 70.4 cm³/mol. The van der Waals surface area contributed by atoms with Gasteiger partial charge in [0.2, 0.25) is 10.0 Å². The molecule has 19 heavy (non-hydrogen) atoms. The molecule has 8 heteroatoms. The van der Waals surface area contributed by atoms with Crippen molar-refractivity contribution in [2.45, 2.75) is 32.5 Å². The highest BCUT2D eigenvalue weighted by atomic mass is 32.2. The fourth-order valence-electron chi connectivity index (χ4n) is 1.58. The van der Waals surface area contributed by atoms with E-state index in [4.69, 9.17) is 9.47 Å². The van der Waals surface area contributed by atoms with E-state index in [0.717, 1.165) is 6.26 Å². The maximum absolute atomic E-state index is 11.9. The second-order valence-corrected chi connectivity index (χ2v) is 7.37. The number of hydrogen-bond acceptors (Lipinski definition) is 5. The van der Waals surface area contributed by atoms with E-state index in [-0.39, 0.29) is 12.6 Å². The molecule has 0 spiro atoms. The van der Waals surface area contributed by atoms with Crippen LogP contribution in [0.5, 0.6) is 0 Å².